The Labute approximate surface area is 311 Å². The maximum atomic E-state index is 17.4. The van der Waals surface area contributed by atoms with Crippen molar-refractivity contribution in [2.75, 3.05) is 31.1 Å². The van der Waals surface area contributed by atoms with Gasteiger partial charge in [0.15, 0.2) is 5.82 Å². The van der Waals surface area contributed by atoms with E-state index in [1.165, 1.54) is 24.3 Å². The van der Waals surface area contributed by atoms with Crippen LogP contribution < -0.4 is 9.64 Å². The van der Waals surface area contributed by atoms with E-state index in [1.54, 1.807) is 0 Å². The summed E-state index contributed by atoms with van der Waals surface area (Å²) in [5.41, 5.74) is -0.765. The first-order chi connectivity index (χ1) is 25.7. The van der Waals surface area contributed by atoms with Crippen LogP contribution in [0.15, 0.2) is 24.3 Å². The third-order valence-corrected chi connectivity index (χ3v) is 12.2. The normalized spacial score (nSPS) is 27.6. The van der Waals surface area contributed by atoms with Gasteiger partial charge in [-0.15, -0.1) is 6.42 Å². The molecule has 4 aromatic rings. The summed E-state index contributed by atoms with van der Waals surface area (Å²) in [7, 11) is 0. The average molecular weight is 741 g/mol. The number of ether oxygens (including phenoxy) is 2. The highest BCUT2D eigenvalue weighted by molar-refractivity contribution is 6.03. The molecule has 4 fully saturated rings. The summed E-state index contributed by atoms with van der Waals surface area (Å²) >= 11 is 0. The average Bonchev–Trinajstić information content (AvgIpc) is 3.72. The second-order valence-electron chi connectivity index (χ2n) is 16.8. The number of nitrogens with zero attached hydrogens (tertiary/aromatic N) is 6. The van der Waals surface area contributed by atoms with Crippen molar-refractivity contribution < 1.29 is 32.5 Å². The summed E-state index contributed by atoms with van der Waals surface area (Å²) in [6.07, 6.45) is 8.44. The summed E-state index contributed by atoms with van der Waals surface area (Å²) in [5.74, 6) is 1.15. The van der Waals surface area contributed by atoms with Crippen LogP contribution in [-0.2, 0) is 11.2 Å². The number of alkyl halides is 1. The standard InChI is InChI=1S/C41H43F3N6O4/c1-6-26-28(43)10-8-22-15-25(51)16-27(31(22)26)34-33(44)35-32-29(45-34)14-21(2)36-30-11-9-24(50(30)39(52)54-40(3,4)5)19-49(36)37(32)47-38(46-35)53-20-41-12-7-13-48(41)18-23(42)17-41/h1,8,10,15-16,21,23-24,30,36,51H,7,9,11-14,17-20H2,2-5H3/t21-,23+,24+,30-,36-,41-/m0/s1. The molecule has 0 aliphatic carbocycles. The van der Waals surface area contributed by atoms with Crippen molar-refractivity contribution in [1.29, 1.82) is 0 Å². The number of pyridine rings is 1. The van der Waals surface area contributed by atoms with Gasteiger partial charge in [0, 0.05) is 30.5 Å². The first kappa shape index (κ1) is 34.9. The molecule has 6 atom stereocenters. The van der Waals surface area contributed by atoms with Crippen LogP contribution in [0.4, 0.5) is 23.8 Å². The Morgan fingerprint density at radius 1 is 1.13 bits per heavy atom. The molecule has 5 aliphatic rings. The molecule has 4 saturated heterocycles. The fourth-order valence-corrected chi connectivity index (χ4v) is 10.1. The molecule has 7 heterocycles. The zero-order chi connectivity index (χ0) is 37.8. The SMILES string of the molecule is C#Cc1c(F)ccc2cc(O)cc(-c3nc4c5c(nc(OC[C@@]67CCCN6C[C@H](F)C7)nc5c3F)N3C[C@H]5CC[C@@H]([C@@H]3[C@@H](C)C4)N5C(=O)OC(C)(C)C)c12. The number of hydrogen-bond acceptors (Lipinski definition) is 9. The third-order valence-electron chi connectivity index (χ3n) is 12.2. The number of aromatic nitrogens is 3. The Balaban J connectivity index is 1.23. The fourth-order valence-electron chi connectivity index (χ4n) is 10.1. The van der Waals surface area contributed by atoms with Gasteiger partial charge in [0.2, 0.25) is 0 Å². The second kappa shape index (κ2) is 12.3. The number of phenolic OH excluding ortho intramolecular Hbond substituents is 1. The highest BCUT2D eigenvalue weighted by Gasteiger charge is 2.53. The number of anilines is 1. The largest absolute Gasteiger partial charge is 0.508 e. The van der Waals surface area contributed by atoms with Gasteiger partial charge in [-0.1, -0.05) is 18.9 Å². The molecule has 10 nitrogen and oxygen atoms in total. The van der Waals surface area contributed by atoms with E-state index < -0.39 is 28.9 Å². The van der Waals surface area contributed by atoms with E-state index in [1.807, 2.05) is 25.7 Å². The van der Waals surface area contributed by atoms with Gasteiger partial charge in [0.1, 0.15) is 47.0 Å². The molecule has 0 saturated carbocycles. The van der Waals surface area contributed by atoms with Gasteiger partial charge >= 0.3 is 12.1 Å². The lowest BCUT2D eigenvalue weighted by Gasteiger charge is -2.49. The summed E-state index contributed by atoms with van der Waals surface area (Å²) < 4.78 is 59.6. The van der Waals surface area contributed by atoms with E-state index in [2.05, 4.69) is 22.6 Å². The number of amides is 1. The lowest BCUT2D eigenvalue weighted by molar-refractivity contribution is 0.00489. The number of benzene rings is 2. The van der Waals surface area contributed by atoms with Crippen molar-refractivity contribution in [1.82, 2.24) is 24.8 Å². The predicted molar refractivity (Wildman–Crippen MR) is 197 cm³/mol. The number of rotatable bonds is 4. The second-order valence-corrected chi connectivity index (χ2v) is 16.8. The minimum Gasteiger partial charge on any atom is -0.508 e. The lowest BCUT2D eigenvalue weighted by Crippen LogP contribution is -2.63. The van der Waals surface area contributed by atoms with Crippen molar-refractivity contribution >= 4 is 33.6 Å². The molecule has 9 rings (SSSR count). The smallest absolute Gasteiger partial charge is 0.410 e. The molecular weight excluding hydrogens is 697 g/mol. The van der Waals surface area contributed by atoms with Gasteiger partial charge in [-0.05, 0) is 88.9 Å². The minimum absolute atomic E-state index is 0.0320. The summed E-state index contributed by atoms with van der Waals surface area (Å²) in [6, 6.07) is 4.85. The number of hydrogen-bond donors (Lipinski definition) is 1. The van der Waals surface area contributed by atoms with E-state index in [4.69, 9.17) is 30.8 Å². The van der Waals surface area contributed by atoms with Crippen molar-refractivity contribution in [2.45, 2.75) is 102 Å². The summed E-state index contributed by atoms with van der Waals surface area (Å²) in [4.78, 5) is 34.5. The fraction of sp³-hybridized carbons (Fsp3) is 0.512. The predicted octanol–water partition coefficient (Wildman–Crippen LogP) is 6.91. The number of carbonyl (C=O) groups is 1. The van der Waals surface area contributed by atoms with Crippen LogP contribution in [0.2, 0.25) is 0 Å². The van der Waals surface area contributed by atoms with Crippen LogP contribution >= 0.6 is 0 Å². The molecule has 2 bridgehead atoms. The van der Waals surface area contributed by atoms with Crippen LogP contribution in [0.25, 0.3) is 32.9 Å². The number of aromatic hydroxyl groups is 1. The monoisotopic (exact) mass is 740 g/mol. The zero-order valence-electron chi connectivity index (χ0n) is 30.8. The Morgan fingerprint density at radius 2 is 1.94 bits per heavy atom. The molecule has 0 unspecified atom stereocenters. The van der Waals surface area contributed by atoms with Crippen molar-refractivity contribution in [3.8, 4) is 35.4 Å². The van der Waals surface area contributed by atoms with Crippen LogP contribution in [0.3, 0.4) is 0 Å². The molecule has 54 heavy (non-hydrogen) atoms. The van der Waals surface area contributed by atoms with Gasteiger partial charge in [-0.2, -0.15) is 9.97 Å². The van der Waals surface area contributed by atoms with Gasteiger partial charge in [-0.25, -0.2) is 22.9 Å². The topological polar surface area (TPSA) is 104 Å². The Kier molecular flexibility index (Phi) is 7.98. The zero-order valence-corrected chi connectivity index (χ0v) is 30.8. The number of fused-ring (bicyclic) bond motifs is 7. The molecule has 0 radical (unpaired) electrons. The highest BCUT2D eigenvalue weighted by Crippen LogP contribution is 2.48. The van der Waals surface area contributed by atoms with Gasteiger partial charge in [0.05, 0.1) is 40.3 Å². The molecule has 282 valence electrons. The van der Waals surface area contributed by atoms with Gasteiger partial charge in [-0.3, -0.25) is 9.80 Å². The Bertz CT molecular complexity index is 2270. The molecule has 2 aromatic heterocycles. The highest BCUT2D eigenvalue weighted by atomic mass is 19.1. The molecule has 1 N–H and O–H groups in total. The van der Waals surface area contributed by atoms with Crippen LogP contribution in [0, 0.1) is 29.9 Å². The molecular formula is C41H43F3N6O4. The number of phenols is 1. The summed E-state index contributed by atoms with van der Waals surface area (Å²) in [5, 5.41) is 11.9. The van der Waals surface area contributed by atoms with Crippen LogP contribution in [0.1, 0.15) is 71.1 Å². The van der Waals surface area contributed by atoms with Crippen molar-refractivity contribution in [3.63, 3.8) is 0 Å². The van der Waals surface area contributed by atoms with Crippen molar-refractivity contribution in [3.05, 3.63) is 47.2 Å². The molecule has 0 spiro atoms. The third kappa shape index (κ3) is 5.42. The number of terminal acetylenes is 1. The minimum atomic E-state index is -0.960. The molecule has 5 aliphatic heterocycles. The lowest BCUT2D eigenvalue weighted by atomic mass is 9.88. The quantitative estimate of drug-likeness (QED) is 0.224. The van der Waals surface area contributed by atoms with E-state index in [0.717, 1.165) is 32.2 Å². The van der Waals surface area contributed by atoms with Crippen LogP contribution in [0.5, 0.6) is 11.8 Å². The molecule has 2 aromatic carbocycles. The van der Waals surface area contributed by atoms with Gasteiger partial charge in [0.25, 0.3) is 0 Å². The first-order valence-electron chi connectivity index (χ1n) is 18.9. The Morgan fingerprint density at radius 3 is 2.72 bits per heavy atom. The summed E-state index contributed by atoms with van der Waals surface area (Å²) in [6.45, 7) is 9.35. The van der Waals surface area contributed by atoms with E-state index in [0.29, 0.717) is 48.2 Å². The van der Waals surface area contributed by atoms with Crippen molar-refractivity contribution in [2.24, 2.45) is 5.92 Å². The number of halogens is 3. The maximum absolute atomic E-state index is 17.4. The number of carbonyl (C=O) groups excluding carboxylic acids is 1. The van der Waals surface area contributed by atoms with Crippen LogP contribution in [-0.4, -0.2) is 97.6 Å². The van der Waals surface area contributed by atoms with Gasteiger partial charge < -0.3 is 19.5 Å². The van der Waals surface area contributed by atoms with E-state index in [9.17, 15) is 14.3 Å². The number of piperazine rings is 1. The molecule has 13 heteroatoms. The first-order valence-corrected chi connectivity index (χ1v) is 18.9. The van der Waals surface area contributed by atoms with E-state index >= 15 is 8.78 Å². The maximum Gasteiger partial charge on any atom is 0.410 e. The Hall–Kier alpha value is -4.83. The molecule has 1 amide bonds. The van der Waals surface area contributed by atoms with E-state index in [-0.39, 0.29) is 76.2 Å².